The summed E-state index contributed by atoms with van der Waals surface area (Å²) in [5.74, 6) is 2.24. The zero-order chi connectivity index (χ0) is 25.2. The lowest BCUT2D eigenvalue weighted by Gasteiger charge is -2.64. The Kier molecular flexibility index (Phi) is 4.88. The van der Waals surface area contributed by atoms with Crippen LogP contribution in [0.15, 0.2) is 0 Å². The Bertz CT molecular complexity index is 865. The summed E-state index contributed by atoms with van der Waals surface area (Å²) in [6, 6.07) is 0.577. The number of carbonyl (C=O) groups is 2. The van der Waals surface area contributed by atoms with Gasteiger partial charge in [-0.25, -0.2) is 0 Å². The maximum Gasteiger partial charge on any atom is 0.226 e. The first-order chi connectivity index (χ1) is 16.8. The summed E-state index contributed by atoms with van der Waals surface area (Å²) in [5.41, 5.74) is 1.27. The van der Waals surface area contributed by atoms with Crippen LogP contribution in [0.25, 0.3) is 0 Å². The van der Waals surface area contributed by atoms with Crippen LogP contribution in [-0.4, -0.2) is 23.9 Å². The van der Waals surface area contributed by atoms with Gasteiger partial charge in [0.25, 0.3) is 0 Å². The van der Waals surface area contributed by atoms with Crippen molar-refractivity contribution in [1.82, 2.24) is 10.6 Å². The third kappa shape index (κ3) is 3.73. The van der Waals surface area contributed by atoms with E-state index >= 15 is 0 Å². The third-order valence-corrected chi connectivity index (χ3v) is 12.6. The van der Waals surface area contributed by atoms with E-state index in [4.69, 9.17) is 0 Å². The van der Waals surface area contributed by atoms with E-state index in [-0.39, 0.29) is 22.9 Å². The van der Waals surface area contributed by atoms with Gasteiger partial charge in [-0.1, -0.05) is 27.7 Å². The molecule has 0 aromatic rings. The highest BCUT2D eigenvalue weighted by Gasteiger charge is 2.64. The Labute approximate surface area is 218 Å². The molecule has 2 N–H and O–H groups in total. The fourth-order valence-corrected chi connectivity index (χ4v) is 13.5. The lowest BCUT2D eigenvalue weighted by atomic mass is 9.40. The van der Waals surface area contributed by atoms with Gasteiger partial charge in [-0.05, 0) is 136 Å². The Morgan fingerprint density at radius 1 is 0.500 bits per heavy atom. The van der Waals surface area contributed by atoms with Crippen LogP contribution in [0.3, 0.4) is 0 Å². The minimum Gasteiger partial charge on any atom is -0.353 e. The molecule has 9 rings (SSSR count). The minimum atomic E-state index is -0.112. The SMILES string of the molecule is CC12CC3CC(C)(C1)CC(C(=O)NC1CCC(NC(=O)C45CC6CC(C)(CC(C)(C6)C4)C5)CC1)(C3)C2. The number of carbonyl (C=O) groups excluding carboxylic acids is 2. The summed E-state index contributed by atoms with van der Waals surface area (Å²) >= 11 is 0. The highest BCUT2D eigenvalue weighted by Crippen LogP contribution is 2.70. The third-order valence-electron chi connectivity index (χ3n) is 12.6. The summed E-state index contributed by atoms with van der Waals surface area (Å²) in [6.45, 7) is 9.82. The number of amides is 2. The normalized spacial score (nSPS) is 56.6. The molecule has 4 atom stereocenters. The van der Waals surface area contributed by atoms with Gasteiger partial charge in [-0.15, -0.1) is 0 Å². The van der Waals surface area contributed by atoms with Crippen LogP contribution in [0.2, 0.25) is 0 Å². The van der Waals surface area contributed by atoms with E-state index in [1.807, 2.05) is 0 Å². The molecule has 9 saturated carbocycles. The molecule has 36 heavy (non-hydrogen) atoms. The predicted molar refractivity (Wildman–Crippen MR) is 142 cm³/mol. The van der Waals surface area contributed by atoms with E-state index in [9.17, 15) is 9.59 Å². The highest BCUT2D eigenvalue weighted by molar-refractivity contribution is 5.84. The van der Waals surface area contributed by atoms with Crippen molar-refractivity contribution >= 4 is 11.8 Å². The van der Waals surface area contributed by atoms with Crippen molar-refractivity contribution in [2.24, 2.45) is 44.3 Å². The molecule has 0 aromatic carbocycles. The Balaban J connectivity index is 0.959. The van der Waals surface area contributed by atoms with Gasteiger partial charge < -0.3 is 10.6 Å². The number of nitrogens with one attached hydrogen (secondary N) is 2. The molecule has 0 aliphatic heterocycles. The number of hydrogen-bond acceptors (Lipinski definition) is 2. The summed E-state index contributed by atoms with van der Waals surface area (Å²) in [5, 5.41) is 7.10. The van der Waals surface area contributed by atoms with E-state index < -0.39 is 0 Å². The zero-order valence-corrected chi connectivity index (χ0v) is 23.4. The Morgan fingerprint density at radius 2 is 0.806 bits per heavy atom. The Morgan fingerprint density at radius 3 is 1.08 bits per heavy atom. The van der Waals surface area contributed by atoms with Crippen LogP contribution in [0, 0.1) is 44.3 Å². The quantitative estimate of drug-likeness (QED) is 0.467. The molecule has 9 fully saturated rings. The first-order valence-electron chi connectivity index (χ1n) is 15.4. The van der Waals surface area contributed by atoms with Crippen LogP contribution in [0.4, 0.5) is 0 Å². The first kappa shape index (κ1) is 24.0. The van der Waals surface area contributed by atoms with Gasteiger partial charge in [-0.3, -0.25) is 9.59 Å². The van der Waals surface area contributed by atoms with Gasteiger partial charge in [0.15, 0.2) is 0 Å². The first-order valence-corrected chi connectivity index (χ1v) is 15.4. The molecule has 9 aliphatic carbocycles. The van der Waals surface area contributed by atoms with Crippen molar-refractivity contribution in [2.75, 3.05) is 0 Å². The molecule has 2 amide bonds. The lowest BCUT2D eigenvalue weighted by Crippen LogP contribution is -2.61. The van der Waals surface area contributed by atoms with E-state index in [1.165, 1.54) is 38.5 Å². The number of rotatable bonds is 4. The van der Waals surface area contributed by atoms with Crippen molar-refractivity contribution in [2.45, 2.75) is 143 Å². The van der Waals surface area contributed by atoms with Crippen LogP contribution in [0.5, 0.6) is 0 Å². The van der Waals surface area contributed by atoms with E-state index in [0.29, 0.717) is 33.5 Å². The second kappa shape index (κ2) is 7.32. The molecule has 0 radical (unpaired) electrons. The van der Waals surface area contributed by atoms with Gasteiger partial charge in [0, 0.05) is 12.1 Å². The van der Waals surface area contributed by atoms with E-state index in [1.54, 1.807) is 0 Å². The molecule has 0 heterocycles. The second-order valence-corrected chi connectivity index (χ2v) is 17.3. The summed E-state index contributed by atoms with van der Waals surface area (Å²) in [7, 11) is 0. The van der Waals surface area contributed by atoms with Crippen molar-refractivity contribution in [3.8, 4) is 0 Å². The standard InChI is InChI=1S/C32H50N2O2/c1-27-9-21-10-28(2,15-27)18-31(13-21,17-27)25(35)33-23-5-7-24(8-6-23)34-26(36)32-14-22-11-29(3,19-32)16-30(4,12-22)20-32/h21-24H,5-20H2,1-4H3,(H,33,35)(H,34,36). The van der Waals surface area contributed by atoms with Crippen molar-refractivity contribution in [3.63, 3.8) is 0 Å². The summed E-state index contributed by atoms with van der Waals surface area (Å²) < 4.78 is 0. The smallest absolute Gasteiger partial charge is 0.226 e. The summed E-state index contributed by atoms with van der Waals surface area (Å²) in [4.78, 5) is 27.5. The fraction of sp³-hybridized carbons (Fsp3) is 0.938. The fourth-order valence-electron chi connectivity index (χ4n) is 13.5. The van der Waals surface area contributed by atoms with Gasteiger partial charge in [0.1, 0.15) is 0 Å². The van der Waals surface area contributed by atoms with Gasteiger partial charge in [0.05, 0.1) is 10.8 Å². The molecule has 200 valence electrons. The zero-order valence-electron chi connectivity index (χ0n) is 23.4. The van der Waals surface area contributed by atoms with Gasteiger partial charge in [-0.2, -0.15) is 0 Å². The maximum atomic E-state index is 13.7. The molecule has 0 spiro atoms. The topological polar surface area (TPSA) is 58.2 Å². The second-order valence-electron chi connectivity index (χ2n) is 17.3. The molecular formula is C32H50N2O2. The lowest BCUT2D eigenvalue weighted by molar-refractivity contribution is -0.171. The molecule has 4 heteroatoms. The van der Waals surface area contributed by atoms with Crippen molar-refractivity contribution in [1.29, 1.82) is 0 Å². The molecule has 4 nitrogen and oxygen atoms in total. The molecule has 0 aromatic heterocycles. The molecule has 0 saturated heterocycles. The van der Waals surface area contributed by atoms with Crippen molar-refractivity contribution in [3.05, 3.63) is 0 Å². The van der Waals surface area contributed by atoms with Crippen LogP contribution in [0.1, 0.15) is 130 Å². The average molecular weight is 495 g/mol. The largest absolute Gasteiger partial charge is 0.353 e. The Hall–Kier alpha value is -1.06. The average Bonchev–Trinajstić information content (AvgIpc) is 2.70. The molecule has 4 unspecified atom stereocenters. The molecule has 8 bridgehead atoms. The summed E-state index contributed by atoms with van der Waals surface area (Å²) in [6.07, 6.45) is 18.7. The monoisotopic (exact) mass is 494 g/mol. The molecular weight excluding hydrogens is 444 g/mol. The van der Waals surface area contributed by atoms with Crippen LogP contribution >= 0.6 is 0 Å². The maximum absolute atomic E-state index is 13.7. The minimum absolute atomic E-state index is 0.112. The van der Waals surface area contributed by atoms with Gasteiger partial charge >= 0.3 is 0 Å². The van der Waals surface area contributed by atoms with Crippen LogP contribution in [-0.2, 0) is 9.59 Å². The number of hydrogen-bond donors (Lipinski definition) is 2. The van der Waals surface area contributed by atoms with E-state index in [2.05, 4.69) is 38.3 Å². The van der Waals surface area contributed by atoms with E-state index in [0.717, 1.165) is 76.0 Å². The predicted octanol–water partition coefficient (Wildman–Crippen LogP) is 6.52. The highest BCUT2D eigenvalue weighted by atomic mass is 16.2. The molecule has 9 aliphatic rings. The van der Waals surface area contributed by atoms with Crippen LogP contribution < -0.4 is 10.6 Å². The van der Waals surface area contributed by atoms with Gasteiger partial charge in [0.2, 0.25) is 11.8 Å². The van der Waals surface area contributed by atoms with Crippen molar-refractivity contribution < 1.29 is 9.59 Å².